The quantitative estimate of drug-likeness (QED) is 0.243. The van der Waals surface area contributed by atoms with Crippen molar-refractivity contribution in [2.24, 2.45) is 0 Å². The Balaban J connectivity index is 1.65. The van der Waals surface area contributed by atoms with E-state index in [9.17, 15) is 9.59 Å². The molecule has 7 heteroatoms. The zero-order chi connectivity index (χ0) is 26.9. The van der Waals surface area contributed by atoms with Gasteiger partial charge in [0.25, 0.3) is 0 Å². The lowest BCUT2D eigenvalue weighted by atomic mass is 10.0. The molecule has 0 aromatic heterocycles. The lowest BCUT2D eigenvalue weighted by Gasteiger charge is -2.32. The van der Waals surface area contributed by atoms with Crippen LogP contribution in [0.25, 0.3) is 0 Å². The van der Waals surface area contributed by atoms with E-state index in [4.69, 9.17) is 27.9 Å². The molecule has 194 valence electrons. The van der Waals surface area contributed by atoms with Crippen molar-refractivity contribution in [2.45, 2.75) is 25.6 Å². The van der Waals surface area contributed by atoms with Crippen LogP contribution in [0.5, 0.6) is 5.75 Å². The van der Waals surface area contributed by atoms with Crippen LogP contribution in [0.15, 0.2) is 103 Å². The smallest absolute Gasteiger partial charge is 0.247 e. The van der Waals surface area contributed by atoms with Crippen molar-refractivity contribution >= 4 is 35.0 Å². The second-order valence-electron chi connectivity index (χ2n) is 8.83. The number of nitrogens with one attached hydrogen (secondary N) is 1. The van der Waals surface area contributed by atoms with Crippen LogP contribution in [0, 0.1) is 0 Å². The van der Waals surface area contributed by atoms with Crippen molar-refractivity contribution in [1.82, 2.24) is 10.2 Å². The molecule has 1 atom stereocenters. The van der Waals surface area contributed by atoms with Crippen LogP contribution in [0.4, 0.5) is 0 Å². The van der Waals surface area contributed by atoms with Gasteiger partial charge in [-0.2, -0.15) is 0 Å². The molecular weight excluding hydrogens is 519 g/mol. The number of carbonyl (C=O) groups is 2. The molecule has 0 aliphatic heterocycles. The maximum absolute atomic E-state index is 13.8. The minimum Gasteiger partial charge on any atom is -0.497 e. The van der Waals surface area contributed by atoms with Gasteiger partial charge in [-0.1, -0.05) is 89.9 Å². The van der Waals surface area contributed by atoms with Gasteiger partial charge in [0, 0.05) is 23.1 Å². The van der Waals surface area contributed by atoms with E-state index in [0.29, 0.717) is 16.6 Å². The summed E-state index contributed by atoms with van der Waals surface area (Å²) in [5.74, 6) is 0.283. The highest BCUT2D eigenvalue weighted by Crippen LogP contribution is 2.26. The number of methoxy groups -OCH3 is 1. The highest BCUT2D eigenvalue weighted by molar-refractivity contribution is 6.30. The van der Waals surface area contributed by atoms with E-state index in [1.54, 1.807) is 36.3 Å². The number of rotatable bonds is 10. The van der Waals surface area contributed by atoms with Crippen LogP contribution in [0.1, 0.15) is 28.3 Å². The standard InChI is InChI=1S/C31H28Cl2N2O3/c1-38-28-17-11-23(12-18-28)20-34-31(37)30(25-5-3-2-4-6-25)35(21-24-9-15-27(33)16-10-24)29(36)19-22-7-13-26(32)14-8-22/h2-18,30H,19-21H2,1H3,(H,34,37). The first-order chi connectivity index (χ1) is 18.4. The van der Waals surface area contributed by atoms with Gasteiger partial charge in [-0.25, -0.2) is 0 Å². The first kappa shape index (κ1) is 27.2. The van der Waals surface area contributed by atoms with E-state index in [1.807, 2.05) is 78.9 Å². The number of nitrogens with zero attached hydrogens (tertiary/aromatic N) is 1. The molecule has 0 fully saturated rings. The van der Waals surface area contributed by atoms with Gasteiger partial charge in [0.05, 0.1) is 13.5 Å². The monoisotopic (exact) mass is 546 g/mol. The second-order valence-corrected chi connectivity index (χ2v) is 9.70. The molecule has 1 N–H and O–H groups in total. The fraction of sp³-hybridized carbons (Fsp3) is 0.161. The first-order valence-corrected chi connectivity index (χ1v) is 12.9. The fourth-order valence-electron chi connectivity index (χ4n) is 4.13. The Labute approximate surface area is 233 Å². The third-order valence-corrected chi connectivity index (χ3v) is 6.66. The Morgan fingerprint density at radius 2 is 1.32 bits per heavy atom. The average Bonchev–Trinajstić information content (AvgIpc) is 2.94. The van der Waals surface area contributed by atoms with Gasteiger partial charge in [-0.05, 0) is 58.7 Å². The highest BCUT2D eigenvalue weighted by Gasteiger charge is 2.31. The van der Waals surface area contributed by atoms with Gasteiger partial charge in [0.15, 0.2) is 0 Å². The molecule has 2 amide bonds. The van der Waals surface area contributed by atoms with Gasteiger partial charge in [0.1, 0.15) is 11.8 Å². The van der Waals surface area contributed by atoms with E-state index in [1.165, 1.54) is 0 Å². The molecule has 5 nitrogen and oxygen atoms in total. The molecular formula is C31H28Cl2N2O3. The third-order valence-electron chi connectivity index (χ3n) is 6.16. The van der Waals surface area contributed by atoms with Crippen LogP contribution >= 0.6 is 23.2 Å². The molecule has 38 heavy (non-hydrogen) atoms. The summed E-state index contributed by atoms with van der Waals surface area (Å²) in [5.41, 5.74) is 3.31. The van der Waals surface area contributed by atoms with Gasteiger partial charge < -0.3 is 15.0 Å². The van der Waals surface area contributed by atoms with Gasteiger partial charge in [-0.3, -0.25) is 9.59 Å². The molecule has 0 spiro atoms. The van der Waals surface area contributed by atoms with E-state index >= 15 is 0 Å². The zero-order valence-corrected chi connectivity index (χ0v) is 22.5. The molecule has 0 saturated carbocycles. The number of carbonyl (C=O) groups excluding carboxylic acids is 2. The molecule has 4 rings (SSSR count). The van der Waals surface area contributed by atoms with Crippen molar-refractivity contribution in [3.05, 3.63) is 135 Å². The summed E-state index contributed by atoms with van der Waals surface area (Å²) in [5, 5.41) is 4.22. The Hall–Kier alpha value is -3.80. The second kappa shape index (κ2) is 13.1. The molecule has 0 radical (unpaired) electrons. The van der Waals surface area contributed by atoms with Crippen molar-refractivity contribution in [3.63, 3.8) is 0 Å². The average molecular weight is 547 g/mol. The summed E-state index contributed by atoms with van der Waals surface area (Å²) in [6, 6.07) is 30.4. The Morgan fingerprint density at radius 3 is 1.89 bits per heavy atom. The van der Waals surface area contributed by atoms with Crippen molar-refractivity contribution in [3.8, 4) is 5.75 Å². The molecule has 0 aliphatic carbocycles. The first-order valence-electron chi connectivity index (χ1n) is 12.2. The number of hydrogen-bond acceptors (Lipinski definition) is 3. The Kier molecular flexibility index (Phi) is 9.41. The molecule has 4 aromatic rings. The molecule has 1 unspecified atom stereocenters. The van der Waals surface area contributed by atoms with Crippen LogP contribution in [-0.4, -0.2) is 23.8 Å². The zero-order valence-electron chi connectivity index (χ0n) is 20.9. The maximum atomic E-state index is 13.8. The van der Waals surface area contributed by atoms with E-state index in [2.05, 4.69) is 5.32 Å². The largest absolute Gasteiger partial charge is 0.497 e. The summed E-state index contributed by atoms with van der Waals surface area (Å²) in [7, 11) is 1.61. The van der Waals surface area contributed by atoms with Gasteiger partial charge >= 0.3 is 0 Å². The number of benzene rings is 4. The van der Waals surface area contributed by atoms with E-state index in [-0.39, 0.29) is 24.8 Å². The van der Waals surface area contributed by atoms with Crippen LogP contribution in [-0.2, 0) is 29.1 Å². The summed E-state index contributed by atoms with van der Waals surface area (Å²) in [4.78, 5) is 29.2. The summed E-state index contributed by atoms with van der Waals surface area (Å²) in [6.45, 7) is 0.547. The predicted octanol–water partition coefficient (Wildman–Crippen LogP) is 6.63. The minimum atomic E-state index is -0.843. The summed E-state index contributed by atoms with van der Waals surface area (Å²) in [6.07, 6.45) is 0.125. The topological polar surface area (TPSA) is 58.6 Å². The van der Waals surface area contributed by atoms with Crippen molar-refractivity contribution in [2.75, 3.05) is 7.11 Å². The Morgan fingerprint density at radius 1 is 0.763 bits per heavy atom. The lowest BCUT2D eigenvalue weighted by molar-refractivity contribution is -0.141. The summed E-state index contributed by atoms with van der Waals surface area (Å²) < 4.78 is 5.22. The predicted molar refractivity (Wildman–Crippen MR) is 151 cm³/mol. The maximum Gasteiger partial charge on any atom is 0.247 e. The molecule has 0 saturated heterocycles. The Bertz CT molecular complexity index is 1340. The molecule has 0 heterocycles. The number of halogens is 2. The van der Waals surface area contributed by atoms with Crippen LogP contribution < -0.4 is 10.1 Å². The van der Waals surface area contributed by atoms with Crippen LogP contribution in [0.3, 0.4) is 0 Å². The molecule has 0 aliphatic rings. The number of hydrogen-bond donors (Lipinski definition) is 1. The minimum absolute atomic E-state index is 0.125. The third kappa shape index (κ3) is 7.37. The lowest BCUT2D eigenvalue weighted by Crippen LogP contribution is -2.43. The van der Waals surface area contributed by atoms with Crippen molar-refractivity contribution in [1.29, 1.82) is 0 Å². The molecule has 0 bridgehead atoms. The SMILES string of the molecule is COc1ccc(CNC(=O)C(c2ccccc2)N(Cc2ccc(Cl)cc2)C(=O)Cc2ccc(Cl)cc2)cc1. The fourth-order valence-corrected chi connectivity index (χ4v) is 4.38. The number of amides is 2. The van der Waals surface area contributed by atoms with E-state index < -0.39 is 6.04 Å². The van der Waals surface area contributed by atoms with Crippen molar-refractivity contribution < 1.29 is 14.3 Å². The van der Waals surface area contributed by atoms with Gasteiger partial charge in [-0.15, -0.1) is 0 Å². The summed E-state index contributed by atoms with van der Waals surface area (Å²) >= 11 is 12.1. The van der Waals surface area contributed by atoms with Crippen LogP contribution in [0.2, 0.25) is 10.0 Å². The van der Waals surface area contributed by atoms with Gasteiger partial charge in [0.2, 0.25) is 11.8 Å². The van der Waals surface area contributed by atoms with E-state index in [0.717, 1.165) is 28.0 Å². The number of ether oxygens (including phenoxy) is 1. The molecule has 4 aromatic carbocycles. The normalized spacial score (nSPS) is 11.4. The highest BCUT2D eigenvalue weighted by atomic mass is 35.5.